The van der Waals surface area contributed by atoms with Crippen LogP contribution >= 0.6 is 0 Å². The predicted molar refractivity (Wildman–Crippen MR) is 68.3 cm³/mol. The third-order valence-corrected chi connectivity index (χ3v) is 3.55. The lowest BCUT2D eigenvalue weighted by Gasteiger charge is -2.18. The van der Waals surface area contributed by atoms with Crippen molar-refractivity contribution in [1.82, 2.24) is 19.5 Å². The number of imidazole rings is 1. The summed E-state index contributed by atoms with van der Waals surface area (Å²) in [7, 11) is 0. The Bertz CT molecular complexity index is 694. The van der Waals surface area contributed by atoms with E-state index in [1.165, 1.54) is 12.7 Å². The Balaban J connectivity index is 2.10. The molecule has 1 saturated carbocycles. The van der Waals surface area contributed by atoms with E-state index in [-0.39, 0.29) is 12.2 Å². The van der Waals surface area contributed by atoms with Gasteiger partial charge in [0.15, 0.2) is 11.5 Å². The van der Waals surface area contributed by atoms with Crippen LogP contribution in [0.25, 0.3) is 21.6 Å². The molecule has 1 aliphatic rings. The van der Waals surface area contributed by atoms with Gasteiger partial charge in [-0.3, -0.25) is 0 Å². The summed E-state index contributed by atoms with van der Waals surface area (Å²) < 4.78 is 1.64. The fraction of sp³-hybridized carbons (Fsp3) is 0.500. The van der Waals surface area contributed by atoms with Crippen LogP contribution in [-0.2, 0) is 0 Å². The second-order valence-electron chi connectivity index (χ2n) is 4.64. The van der Waals surface area contributed by atoms with Crippen molar-refractivity contribution in [1.29, 1.82) is 0 Å². The molecule has 0 aliphatic heterocycles. The Morgan fingerprint density at radius 3 is 2.95 bits per heavy atom. The molecule has 4 atom stereocenters. The van der Waals surface area contributed by atoms with E-state index in [9.17, 15) is 10.2 Å². The lowest BCUT2D eigenvalue weighted by Crippen LogP contribution is -2.29. The van der Waals surface area contributed by atoms with E-state index < -0.39 is 24.3 Å². The first-order valence-corrected chi connectivity index (χ1v) is 5.97. The Morgan fingerprint density at radius 1 is 1.40 bits per heavy atom. The molecule has 0 amide bonds. The van der Waals surface area contributed by atoms with Crippen molar-refractivity contribution in [3.05, 3.63) is 23.1 Å². The molecule has 2 heterocycles. The maximum absolute atomic E-state index is 9.88. The van der Waals surface area contributed by atoms with Crippen molar-refractivity contribution in [3.63, 3.8) is 0 Å². The fourth-order valence-electron chi connectivity index (χ4n) is 2.58. The SMILES string of the molecule is [N-]=[N+]=N[C@@H]1[C@@H](O)[C@@H](O)C[C@H]1n1cnc2c(N)ncnc21. The van der Waals surface area contributed by atoms with Crippen LogP contribution in [0.1, 0.15) is 12.5 Å². The monoisotopic (exact) mass is 276 g/mol. The summed E-state index contributed by atoms with van der Waals surface area (Å²) in [6, 6.07) is -1.22. The van der Waals surface area contributed by atoms with Crippen LogP contribution < -0.4 is 5.73 Å². The highest BCUT2D eigenvalue weighted by molar-refractivity contribution is 5.81. The second-order valence-corrected chi connectivity index (χ2v) is 4.64. The summed E-state index contributed by atoms with van der Waals surface area (Å²) in [5.41, 5.74) is 15.2. The molecule has 2 aromatic heterocycles. The number of nitrogens with zero attached hydrogens (tertiary/aromatic N) is 7. The lowest BCUT2D eigenvalue weighted by molar-refractivity contribution is 0.0363. The van der Waals surface area contributed by atoms with Gasteiger partial charge in [-0.2, -0.15) is 0 Å². The highest BCUT2D eigenvalue weighted by Gasteiger charge is 2.42. The van der Waals surface area contributed by atoms with Crippen molar-refractivity contribution >= 4 is 17.0 Å². The highest BCUT2D eigenvalue weighted by atomic mass is 16.3. The average molecular weight is 276 g/mol. The quantitative estimate of drug-likeness (QED) is 0.389. The molecule has 10 nitrogen and oxygen atoms in total. The maximum Gasteiger partial charge on any atom is 0.165 e. The van der Waals surface area contributed by atoms with Gasteiger partial charge >= 0.3 is 0 Å². The Hall–Kier alpha value is -2.42. The molecule has 0 aromatic carbocycles. The summed E-state index contributed by atoms with van der Waals surface area (Å²) in [4.78, 5) is 14.8. The van der Waals surface area contributed by atoms with Crippen LogP contribution in [-0.4, -0.2) is 48.0 Å². The molecule has 1 aliphatic carbocycles. The molecule has 2 aromatic rings. The van der Waals surface area contributed by atoms with Gasteiger partial charge < -0.3 is 20.5 Å². The number of azide groups is 1. The minimum absolute atomic E-state index is 0.236. The second kappa shape index (κ2) is 4.60. The van der Waals surface area contributed by atoms with Crippen LogP contribution in [0.2, 0.25) is 0 Å². The van der Waals surface area contributed by atoms with Crippen molar-refractivity contribution in [2.45, 2.75) is 30.7 Å². The van der Waals surface area contributed by atoms with Crippen LogP contribution in [0, 0.1) is 0 Å². The van der Waals surface area contributed by atoms with Gasteiger partial charge in [0.1, 0.15) is 11.8 Å². The van der Waals surface area contributed by atoms with Gasteiger partial charge in [0.25, 0.3) is 0 Å². The van der Waals surface area contributed by atoms with Crippen LogP contribution in [0.3, 0.4) is 0 Å². The summed E-state index contributed by atoms with van der Waals surface area (Å²) in [5.74, 6) is 0.244. The lowest BCUT2D eigenvalue weighted by atomic mass is 10.1. The fourth-order valence-corrected chi connectivity index (χ4v) is 2.58. The van der Waals surface area contributed by atoms with Crippen LogP contribution in [0.5, 0.6) is 0 Å². The number of hydrogen-bond donors (Lipinski definition) is 3. The molecule has 1 fully saturated rings. The van der Waals surface area contributed by atoms with Gasteiger partial charge in [-0.1, -0.05) is 5.11 Å². The molecule has 4 N–H and O–H groups in total. The van der Waals surface area contributed by atoms with E-state index >= 15 is 0 Å². The van der Waals surface area contributed by atoms with Crippen molar-refractivity contribution < 1.29 is 10.2 Å². The number of fused-ring (bicyclic) bond motifs is 1. The van der Waals surface area contributed by atoms with E-state index in [2.05, 4.69) is 25.0 Å². The van der Waals surface area contributed by atoms with Gasteiger partial charge in [0.05, 0.1) is 30.6 Å². The van der Waals surface area contributed by atoms with Crippen molar-refractivity contribution in [3.8, 4) is 0 Å². The number of aromatic nitrogens is 4. The zero-order chi connectivity index (χ0) is 14.3. The zero-order valence-electron chi connectivity index (χ0n) is 10.3. The topological polar surface area (TPSA) is 159 Å². The maximum atomic E-state index is 9.88. The Labute approximate surface area is 112 Å². The number of nitrogens with two attached hydrogens (primary N) is 1. The molecule has 10 heteroatoms. The molecular formula is C10H12N8O2. The molecule has 20 heavy (non-hydrogen) atoms. The first kappa shape index (κ1) is 12.6. The van der Waals surface area contributed by atoms with Gasteiger partial charge in [-0.15, -0.1) is 0 Å². The predicted octanol–water partition coefficient (Wildman–Crippen LogP) is -0.246. The van der Waals surface area contributed by atoms with E-state index in [4.69, 9.17) is 11.3 Å². The molecule has 0 saturated heterocycles. The van der Waals surface area contributed by atoms with E-state index in [0.29, 0.717) is 11.2 Å². The number of aliphatic hydroxyl groups excluding tert-OH is 2. The molecule has 0 spiro atoms. The number of rotatable bonds is 2. The number of anilines is 1. The van der Waals surface area contributed by atoms with E-state index in [1.54, 1.807) is 4.57 Å². The number of hydrogen-bond acceptors (Lipinski definition) is 7. The summed E-state index contributed by atoms with van der Waals surface area (Å²) in [5, 5.41) is 23.2. The molecule has 3 rings (SSSR count). The molecular weight excluding hydrogens is 264 g/mol. The first-order chi connectivity index (χ1) is 9.63. The largest absolute Gasteiger partial charge is 0.390 e. The first-order valence-electron chi connectivity index (χ1n) is 5.97. The number of nitrogen functional groups attached to an aromatic ring is 1. The summed E-state index contributed by atoms with van der Waals surface area (Å²) in [6.07, 6.45) is 0.950. The minimum Gasteiger partial charge on any atom is -0.390 e. The standard InChI is InChI=1S/C10H12N8O2/c11-9-7-10(14-2-13-9)18(3-15-7)4-1-5(19)8(20)6(4)16-17-12/h2-6,8,19-20H,1H2,(H2,11,13,14)/t4-,5+,6+,8+/m1/s1. The van der Waals surface area contributed by atoms with Gasteiger partial charge in [-0.05, 0) is 12.0 Å². The van der Waals surface area contributed by atoms with Gasteiger partial charge in [0.2, 0.25) is 0 Å². The van der Waals surface area contributed by atoms with Gasteiger partial charge in [-0.25, -0.2) is 15.0 Å². The molecule has 0 unspecified atom stereocenters. The van der Waals surface area contributed by atoms with Crippen LogP contribution in [0.15, 0.2) is 17.8 Å². The van der Waals surface area contributed by atoms with Crippen LogP contribution in [0.4, 0.5) is 5.82 Å². The normalized spacial score (nSPS) is 29.5. The van der Waals surface area contributed by atoms with Crippen molar-refractivity contribution in [2.24, 2.45) is 5.11 Å². The summed E-state index contributed by atoms with van der Waals surface area (Å²) in [6.45, 7) is 0. The smallest absolute Gasteiger partial charge is 0.165 e. The highest BCUT2D eigenvalue weighted by Crippen LogP contribution is 2.35. The van der Waals surface area contributed by atoms with Crippen molar-refractivity contribution in [2.75, 3.05) is 5.73 Å². The minimum atomic E-state index is -1.12. The third-order valence-electron chi connectivity index (χ3n) is 3.55. The summed E-state index contributed by atoms with van der Waals surface area (Å²) >= 11 is 0. The zero-order valence-corrected chi connectivity index (χ0v) is 10.3. The van der Waals surface area contributed by atoms with E-state index in [0.717, 1.165) is 0 Å². The Morgan fingerprint density at radius 2 is 2.20 bits per heavy atom. The number of aliphatic hydroxyl groups is 2. The molecule has 0 bridgehead atoms. The molecule has 0 radical (unpaired) electrons. The average Bonchev–Trinajstić information content (AvgIpc) is 2.97. The molecule has 104 valence electrons. The van der Waals surface area contributed by atoms with Gasteiger partial charge in [0, 0.05) is 4.91 Å². The van der Waals surface area contributed by atoms with E-state index in [1.807, 2.05) is 0 Å². The Kier molecular flexibility index (Phi) is 2.90. The third kappa shape index (κ3) is 1.74.